The Kier molecular flexibility index (Phi) is 49.1. The van der Waals surface area contributed by atoms with Gasteiger partial charge in [0.1, 0.15) is 5.78 Å². The fraction of sp³-hybridized carbons (Fsp3) is 0.750. The molecule has 0 bridgehead atoms. The Morgan fingerprint density at radius 3 is 1.16 bits per heavy atom. The number of hydrogen-bond acceptors (Lipinski definition) is 9. The summed E-state index contributed by atoms with van der Waals surface area (Å²) in [7, 11) is 103. The van der Waals surface area contributed by atoms with Crippen LogP contribution in [0.5, 0.6) is 0 Å². The minimum Gasteiger partial charge on any atom is -0.393 e. The lowest BCUT2D eigenvalue weighted by atomic mass is 8.53. The molecule has 0 saturated heterocycles. The fourth-order valence-electron chi connectivity index (χ4n) is 7.09. The maximum Gasteiger partial charge on any atom is 0.186 e. The monoisotopic (exact) mass is 938 g/mol. The van der Waals surface area contributed by atoms with Crippen LogP contribution >= 0.6 is 35.3 Å². The van der Waals surface area contributed by atoms with Crippen LogP contribution in [0.15, 0.2) is 12.2 Å². The van der Waals surface area contributed by atoms with Crippen LogP contribution in [0.3, 0.4) is 0 Å². The summed E-state index contributed by atoms with van der Waals surface area (Å²) in [6.45, 7) is 7.05. The topological polar surface area (TPSA) is 106 Å². The molecule has 6 nitrogen and oxygen atoms in total. The smallest absolute Gasteiger partial charge is 0.186 e. The van der Waals surface area contributed by atoms with Crippen LogP contribution in [-0.2, 0) is 24.0 Å². The molecule has 3 fully saturated rings. The van der Waals surface area contributed by atoms with Gasteiger partial charge in [0.05, 0.1) is 6.10 Å². The summed E-state index contributed by atoms with van der Waals surface area (Å²) in [5, 5.41) is 11.0. The summed E-state index contributed by atoms with van der Waals surface area (Å²) in [5.41, 5.74) is 0. The zero-order valence-electron chi connectivity index (χ0n) is 41.1. The van der Waals surface area contributed by atoms with E-state index in [9.17, 15) is 24.0 Å². The number of carbonyl (C=O) groups is 5. The predicted octanol–water partition coefficient (Wildman–Crippen LogP) is -6.00. The third-order valence-electron chi connectivity index (χ3n) is 10.7. The third-order valence-corrected chi connectivity index (χ3v) is 14.0. The summed E-state index contributed by atoms with van der Waals surface area (Å²) in [5.74, 6) is 1.42. The molecular formula is C28H46B33O6S3. The lowest BCUT2D eigenvalue weighted by molar-refractivity contribution is -0.117. The molecule has 0 spiro atoms. The Hall–Kier alpha value is 1.24. The van der Waals surface area contributed by atoms with Crippen LogP contribution < -0.4 is 0 Å². The Morgan fingerprint density at radius 2 is 0.957 bits per heavy atom. The first kappa shape index (κ1) is 77.7. The molecule has 0 aromatic heterocycles. The van der Waals surface area contributed by atoms with Gasteiger partial charge < -0.3 is 5.11 Å². The number of aliphatic hydroxyl groups is 1. The van der Waals surface area contributed by atoms with Gasteiger partial charge in [0.25, 0.3) is 0 Å². The van der Waals surface area contributed by atoms with Gasteiger partial charge in [0.15, 0.2) is 21.1 Å². The fourth-order valence-corrected chi connectivity index (χ4v) is 10.3. The van der Waals surface area contributed by atoms with Crippen molar-refractivity contribution in [2.24, 2.45) is 5.92 Å². The van der Waals surface area contributed by atoms with E-state index in [1.54, 1.807) is 26.8 Å². The van der Waals surface area contributed by atoms with E-state index in [1.165, 1.54) is 61.6 Å². The molecule has 0 amide bonds. The summed E-state index contributed by atoms with van der Waals surface area (Å²) >= 11 is 4.20. The van der Waals surface area contributed by atoms with Crippen molar-refractivity contribution in [1.29, 1.82) is 0 Å². The molecule has 4 aliphatic rings. The molecule has 0 heterocycles. The lowest BCUT2D eigenvalue weighted by Crippen LogP contribution is -2.67. The van der Waals surface area contributed by atoms with E-state index >= 15 is 0 Å². The second-order valence-corrected chi connectivity index (χ2v) is 21.9. The molecule has 42 heteroatoms. The van der Waals surface area contributed by atoms with Gasteiger partial charge in [0.2, 0.25) is 0 Å². The highest BCUT2D eigenvalue weighted by atomic mass is 32.2. The molecule has 5 atom stereocenters. The molecular weight excluding hydrogens is 885 g/mol. The first-order valence-electron chi connectivity index (χ1n) is 22.8. The zero-order valence-corrected chi connectivity index (χ0v) is 43.5. The summed E-state index contributed by atoms with van der Waals surface area (Å²) in [4.78, 5) is 52.7. The van der Waals surface area contributed by atoms with Crippen molar-refractivity contribution in [2.75, 3.05) is 0 Å². The van der Waals surface area contributed by atoms with Crippen molar-refractivity contribution in [3.8, 4) is 0 Å². The normalized spacial score (nSPS) is 18.6. The zero-order chi connectivity index (χ0) is 54.3. The Balaban J connectivity index is -0.000000364. The van der Waals surface area contributed by atoms with Gasteiger partial charge >= 0.3 is 0 Å². The highest BCUT2D eigenvalue weighted by molar-refractivity contribution is 8.14. The van der Waals surface area contributed by atoms with Crippen LogP contribution in [0.2, 0.25) is 0 Å². The van der Waals surface area contributed by atoms with Gasteiger partial charge in [-0.05, 0) is 63.4 Å². The first-order valence-corrected chi connectivity index (χ1v) is 25.5. The van der Waals surface area contributed by atoms with Crippen molar-refractivity contribution in [2.45, 2.75) is 128 Å². The maximum atomic E-state index is 10.7. The van der Waals surface area contributed by atoms with E-state index in [-0.39, 0.29) is 46.3 Å². The van der Waals surface area contributed by atoms with E-state index in [1.807, 2.05) is 6.08 Å². The van der Waals surface area contributed by atoms with Crippen molar-refractivity contribution < 1.29 is 29.1 Å². The summed E-state index contributed by atoms with van der Waals surface area (Å²) in [6, 6.07) is 0. The van der Waals surface area contributed by atoms with Crippen LogP contribution in [0, 0.1) is 5.92 Å². The average molecular weight is 932 g/mol. The van der Waals surface area contributed by atoms with E-state index in [0.29, 0.717) is 29.1 Å². The largest absolute Gasteiger partial charge is 0.393 e. The Labute approximate surface area is 470 Å². The molecule has 5 unspecified atom stereocenters. The SMILES string of the molecule is C.CC(=O)SC1CCC(=O)C1.CC(=O)SC1CCC(C)C1.CC(=O)SC1CCC(O)C1.O=C1C=CCC1.[B]B([B])B(B([B])[B])B([B])[B].[B]B([B])B([B])B(B([B])[B])B([B])[B].[B][B]B([B])B(B([B])[B])B([B])[B]. The molecule has 39 radical (unpaired) electrons. The molecule has 0 aromatic rings. The van der Waals surface area contributed by atoms with Crippen molar-refractivity contribution in [3.05, 3.63) is 12.2 Å². The lowest BCUT2D eigenvalue weighted by Gasteiger charge is -2.29. The van der Waals surface area contributed by atoms with Gasteiger partial charge in [-0.1, -0.05) is 55.7 Å². The van der Waals surface area contributed by atoms with E-state index < -0.39 is 76.6 Å². The van der Waals surface area contributed by atoms with Crippen molar-refractivity contribution >= 4 is 299 Å². The minimum atomic E-state index is -0.723. The number of rotatable bonds is 14. The van der Waals surface area contributed by atoms with E-state index in [2.05, 4.69) is 6.92 Å². The average Bonchev–Trinajstić information content (AvgIpc) is 4.02. The van der Waals surface area contributed by atoms with Crippen LogP contribution in [-0.4, -0.2) is 291 Å². The first-order chi connectivity index (χ1) is 31.8. The summed E-state index contributed by atoms with van der Waals surface area (Å²) < 4.78 is 0. The highest BCUT2D eigenvalue weighted by Gasteiger charge is 2.31. The number of ketones is 2. The number of hydrogen-bond donors (Lipinski definition) is 1. The second kappa shape index (κ2) is 44.2. The molecule has 70 heavy (non-hydrogen) atoms. The standard InChI is InChI=1S/C8H14OS.C7H12O2S.C7H10O2S.C5H6O.CH4.B12.B11.B10/c1-6-3-4-8(5-6)10-7(2)9;2*1-5(8)10-7-3-2-6(9)4-7;6-5-3-1-2-4-5;;1-8(2)11(7)12(9(3)4)10(5)6;1-7-10(6)11(8(2)3)9(4)5;1-7(2)10(8(3)4)9(5)6/h6,8H,3-5H2,1-2H3;6-7,9H,2-4H2,1H3;7H,2-4H2,1H3;1,3H,2,4H2;1H4;;;. The predicted molar refractivity (Wildman–Crippen MR) is 348 cm³/mol. The summed E-state index contributed by atoms with van der Waals surface area (Å²) in [6.07, 6.45) is 5.88. The van der Waals surface area contributed by atoms with Crippen molar-refractivity contribution in [1.82, 2.24) is 0 Å². The molecule has 1 N–H and O–H groups in total. The Bertz CT molecular complexity index is 1390. The van der Waals surface area contributed by atoms with Gasteiger partial charge in [-0.2, -0.15) is 0 Å². The number of carbonyl (C=O) groups excluding carboxylic acids is 5. The van der Waals surface area contributed by atoms with Gasteiger partial charge in [0, 0.05) is 293 Å². The molecule has 3 saturated carbocycles. The second-order valence-electron chi connectivity index (χ2n) is 17.5. The molecule has 4 aliphatic carbocycles. The molecule has 0 aliphatic heterocycles. The third kappa shape index (κ3) is 40.5. The van der Waals surface area contributed by atoms with Gasteiger partial charge in [-0.15, -0.1) is 0 Å². The van der Waals surface area contributed by atoms with Gasteiger partial charge in [-0.25, -0.2) is 0 Å². The number of aliphatic hydroxyl groups excluding tert-OH is 1. The van der Waals surface area contributed by atoms with Crippen LogP contribution in [0.4, 0.5) is 0 Å². The number of Topliss-reactive ketones (excluding diaryl/α,β-unsaturated/α-hetero) is 1. The molecule has 0 aromatic carbocycles. The van der Waals surface area contributed by atoms with Crippen molar-refractivity contribution in [3.63, 3.8) is 0 Å². The van der Waals surface area contributed by atoms with Crippen LogP contribution in [0.25, 0.3) is 0 Å². The minimum absolute atomic E-state index is 0. The number of thioether (sulfide) groups is 3. The maximum absolute atomic E-state index is 10.7. The quantitative estimate of drug-likeness (QED) is 0.171. The van der Waals surface area contributed by atoms with E-state index in [0.717, 1.165) is 44.4 Å². The van der Waals surface area contributed by atoms with Gasteiger partial charge in [-0.3, -0.25) is 24.0 Å². The van der Waals surface area contributed by atoms with Crippen LogP contribution in [0.1, 0.15) is 106 Å². The molecule has 4 rings (SSSR count). The molecule has 311 valence electrons. The highest BCUT2D eigenvalue weighted by Crippen LogP contribution is 2.34. The number of allylic oxidation sites excluding steroid dienone is 2. The Morgan fingerprint density at radius 1 is 0.557 bits per heavy atom. The van der Waals surface area contributed by atoms with E-state index in [4.69, 9.17) is 152 Å².